The van der Waals surface area contributed by atoms with Crippen molar-refractivity contribution in [2.45, 2.75) is 32.4 Å². The Labute approximate surface area is 136 Å². The van der Waals surface area contributed by atoms with E-state index in [1.165, 1.54) is 18.5 Å². The normalized spacial score (nSPS) is 18.4. The van der Waals surface area contributed by atoms with E-state index in [1.54, 1.807) is 0 Å². The molecule has 2 N–H and O–H groups in total. The maximum absolute atomic E-state index is 6.20. The average molecular weight is 313 g/mol. The first kappa shape index (κ1) is 14.4. The van der Waals surface area contributed by atoms with Gasteiger partial charge in [0.2, 0.25) is 5.95 Å². The van der Waals surface area contributed by atoms with Crippen LogP contribution in [-0.4, -0.2) is 44.3 Å². The molecule has 0 aliphatic carbocycles. The molecule has 0 spiro atoms. The van der Waals surface area contributed by atoms with Gasteiger partial charge in [-0.15, -0.1) is 0 Å². The van der Waals surface area contributed by atoms with Gasteiger partial charge in [-0.05, 0) is 25.3 Å². The van der Waals surface area contributed by atoms with Crippen molar-refractivity contribution < 1.29 is 0 Å². The fraction of sp³-hybridized carbons (Fsp3) is 0.562. The Bertz CT molecular complexity index is 702. The first-order valence-corrected chi connectivity index (χ1v) is 8.30. The zero-order valence-electron chi connectivity index (χ0n) is 13.6. The lowest BCUT2D eigenvalue weighted by molar-refractivity contribution is 0.235. The van der Waals surface area contributed by atoms with E-state index in [9.17, 15) is 0 Å². The van der Waals surface area contributed by atoms with Gasteiger partial charge in [-0.25, -0.2) is 4.98 Å². The van der Waals surface area contributed by atoms with Gasteiger partial charge < -0.3 is 10.6 Å². The number of rotatable bonds is 3. The first-order chi connectivity index (χ1) is 11.2. The Morgan fingerprint density at radius 3 is 2.74 bits per heavy atom. The summed E-state index contributed by atoms with van der Waals surface area (Å²) in [6.45, 7) is 4.77. The number of fused-ring (bicyclic) bond motifs is 1. The summed E-state index contributed by atoms with van der Waals surface area (Å²) in [5.74, 6) is 1.47. The third kappa shape index (κ3) is 2.76. The number of anilines is 2. The molecule has 1 fully saturated rings. The number of nitrogens with two attached hydrogens (primary N) is 1. The van der Waals surface area contributed by atoms with Crippen LogP contribution in [0.2, 0.25) is 0 Å². The predicted molar refractivity (Wildman–Crippen MR) is 88.9 cm³/mol. The van der Waals surface area contributed by atoms with E-state index in [0.29, 0.717) is 5.82 Å². The lowest BCUT2D eigenvalue weighted by Crippen LogP contribution is -2.33. The maximum Gasteiger partial charge on any atom is 0.227 e. The minimum atomic E-state index is 0.664. The van der Waals surface area contributed by atoms with Crippen LogP contribution >= 0.6 is 0 Å². The Hall–Kier alpha value is -2.15. The Morgan fingerprint density at radius 1 is 1.17 bits per heavy atom. The molecule has 2 aromatic heterocycles. The third-order valence-corrected chi connectivity index (χ3v) is 4.86. The Balaban J connectivity index is 1.56. The second kappa shape index (κ2) is 5.81. The number of aromatic nitrogens is 4. The minimum absolute atomic E-state index is 0.664. The standard InChI is InChI=1S/C16H23N7/c1-21-12(4-6-18-21)10-22-9-5-13-14(11-22)19-16(20-15(13)17)23-7-2-3-8-23/h4,6H,2-3,5,7-11H2,1H3,(H2,17,19,20). The van der Waals surface area contributed by atoms with Crippen LogP contribution in [0.1, 0.15) is 29.8 Å². The van der Waals surface area contributed by atoms with Crippen LogP contribution in [0.25, 0.3) is 0 Å². The fourth-order valence-corrected chi connectivity index (χ4v) is 3.48. The van der Waals surface area contributed by atoms with Gasteiger partial charge in [0, 0.05) is 51.5 Å². The summed E-state index contributed by atoms with van der Waals surface area (Å²) in [7, 11) is 1.98. The summed E-state index contributed by atoms with van der Waals surface area (Å²) in [4.78, 5) is 14.0. The van der Waals surface area contributed by atoms with Crippen molar-refractivity contribution in [1.29, 1.82) is 0 Å². The van der Waals surface area contributed by atoms with Gasteiger partial charge in [0.05, 0.1) is 11.4 Å². The molecule has 0 radical (unpaired) electrons. The Kier molecular flexibility index (Phi) is 3.65. The lowest BCUT2D eigenvalue weighted by Gasteiger charge is -2.29. The average Bonchev–Trinajstić information content (AvgIpc) is 3.20. The van der Waals surface area contributed by atoms with Crippen LogP contribution in [0.3, 0.4) is 0 Å². The van der Waals surface area contributed by atoms with E-state index in [-0.39, 0.29) is 0 Å². The highest BCUT2D eigenvalue weighted by atomic mass is 15.3. The van der Waals surface area contributed by atoms with Crippen LogP contribution in [0, 0.1) is 0 Å². The molecule has 7 nitrogen and oxygen atoms in total. The maximum atomic E-state index is 6.20. The molecule has 0 aromatic carbocycles. The third-order valence-electron chi connectivity index (χ3n) is 4.86. The van der Waals surface area contributed by atoms with Gasteiger partial charge in [0.15, 0.2) is 0 Å². The molecule has 4 rings (SSSR count). The quantitative estimate of drug-likeness (QED) is 0.909. The Morgan fingerprint density at radius 2 is 2.00 bits per heavy atom. The number of aryl methyl sites for hydroxylation is 1. The van der Waals surface area contributed by atoms with E-state index in [0.717, 1.165) is 56.4 Å². The summed E-state index contributed by atoms with van der Waals surface area (Å²) >= 11 is 0. The summed E-state index contributed by atoms with van der Waals surface area (Å²) < 4.78 is 1.93. The molecule has 23 heavy (non-hydrogen) atoms. The molecule has 0 unspecified atom stereocenters. The van der Waals surface area contributed by atoms with E-state index in [2.05, 4.69) is 25.9 Å². The monoisotopic (exact) mass is 313 g/mol. The molecule has 2 aliphatic heterocycles. The van der Waals surface area contributed by atoms with Gasteiger partial charge in [0.25, 0.3) is 0 Å². The second-order valence-corrected chi connectivity index (χ2v) is 6.44. The van der Waals surface area contributed by atoms with Crippen LogP contribution < -0.4 is 10.6 Å². The van der Waals surface area contributed by atoms with E-state index >= 15 is 0 Å². The minimum Gasteiger partial charge on any atom is -0.383 e. The molecule has 0 atom stereocenters. The van der Waals surface area contributed by atoms with Crippen molar-refractivity contribution in [2.75, 3.05) is 30.3 Å². The summed E-state index contributed by atoms with van der Waals surface area (Å²) in [6, 6.07) is 2.07. The van der Waals surface area contributed by atoms with Gasteiger partial charge >= 0.3 is 0 Å². The van der Waals surface area contributed by atoms with Crippen LogP contribution in [0.5, 0.6) is 0 Å². The molecule has 0 amide bonds. The number of nitrogen functional groups attached to an aromatic ring is 1. The number of nitrogens with zero attached hydrogens (tertiary/aromatic N) is 6. The second-order valence-electron chi connectivity index (χ2n) is 6.44. The van der Waals surface area contributed by atoms with Crippen molar-refractivity contribution in [3.05, 3.63) is 29.2 Å². The molecule has 7 heteroatoms. The van der Waals surface area contributed by atoms with Crippen molar-refractivity contribution in [3.63, 3.8) is 0 Å². The van der Waals surface area contributed by atoms with E-state index < -0.39 is 0 Å². The van der Waals surface area contributed by atoms with E-state index in [4.69, 9.17) is 10.7 Å². The van der Waals surface area contributed by atoms with Crippen molar-refractivity contribution in [2.24, 2.45) is 7.05 Å². The number of hydrogen-bond acceptors (Lipinski definition) is 6. The SMILES string of the molecule is Cn1nccc1CN1CCc2c(N)nc(N3CCCC3)nc2C1. The zero-order valence-corrected chi connectivity index (χ0v) is 13.6. The summed E-state index contributed by atoms with van der Waals surface area (Å²) in [6.07, 6.45) is 5.19. The van der Waals surface area contributed by atoms with E-state index in [1.807, 2.05) is 17.9 Å². The van der Waals surface area contributed by atoms with Gasteiger partial charge in [-0.1, -0.05) is 0 Å². The van der Waals surface area contributed by atoms with Gasteiger partial charge in [-0.2, -0.15) is 10.1 Å². The first-order valence-electron chi connectivity index (χ1n) is 8.30. The highest BCUT2D eigenvalue weighted by Crippen LogP contribution is 2.26. The van der Waals surface area contributed by atoms with Crippen LogP contribution in [0.4, 0.5) is 11.8 Å². The largest absolute Gasteiger partial charge is 0.383 e. The highest BCUT2D eigenvalue weighted by Gasteiger charge is 2.24. The summed E-state index contributed by atoms with van der Waals surface area (Å²) in [5, 5.41) is 4.24. The molecule has 4 heterocycles. The summed E-state index contributed by atoms with van der Waals surface area (Å²) in [5.41, 5.74) is 9.65. The topological polar surface area (TPSA) is 76.1 Å². The number of hydrogen-bond donors (Lipinski definition) is 1. The zero-order chi connectivity index (χ0) is 15.8. The van der Waals surface area contributed by atoms with Crippen LogP contribution in [0.15, 0.2) is 12.3 Å². The molecular formula is C16H23N7. The molecule has 122 valence electrons. The van der Waals surface area contributed by atoms with Gasteiger partial charge in [0.1, 0.15) is 5.82 Å². The molecular weight excluding hydrogens is 290 g/mol. The van der Waals surface area contributed by atoms with Crippen molar-refractivity contribution in [3.8, 4) is 0 Å². The molecule has 1 saturated heterocycles. The smallest absolute Gasteiger partial charge is 0.227 e. The molecule has 2 aliphatic rings. The van der Waals surface area contributed by atoms with Crippen LogP contribution in [-0.2, 0) is 26.6 Å². The van der Waals surface area contributed by atoms with Crippen molar-refractivity contribution >= 4 is 11.8 Å². The van der Waals surface area contributed by atoms with Gasteiger partial charge in [-0.3, -0.25) is 9.58 Å². The fourth-order valence-electron chi connectivity index (χ4n) is 3.48. The van der Waals surface area contributed by atoms with Crippen molar-refractivity contribution in [1.82, 2.24) is 24.6 Å². The molecule has 0 saturated carbocycles. The lowest BCUT2D eigenvalue weighted by atomic mass is 10.1. The predicted octanol–water partition coefficient (Wildman–Crippen LogP) is 0.951. The molecule has 0 bridgehead atoms. The molecule has 2 aromatic rings. The highest BCUT2D eigenvalue weighted by molar-refractivity contribution is 5.49.